The first-order valence-corrected chi connectivity index (χ1v) is 6.65. The van der Waals surface area contributed by atoms with E-state index in [0.29, 0.717) is 17.8 Å². The maximum atomic E-state index is 8.90. The van der Waals surface area contributed by atoms with Gasteiger partial charge in [0.05, 0.1) is 17.8 Å². The maximum absolute atomic E-state index is 8.90. The minimum absolute atomic E-state index is 0.392. The molecule has 2 fully saturated rings. The summed E-state index contributed by atoms with van der Waals surface area (Å²) in [6, 6.07) is 8.09. The van der Waals surface area contributed by atoms with Gasteiger partial charge in [0.25, 0.3) is 0 Å². The van der Waals surface area contributed by atoms with Crippen LogP contribution in [0.15, 0.2) is 22.7 Å². The number of morpholine rings is 1. The van der Waals surface area contributed by atoms with Gasteiger partial charge in [-0.2, -0.15) is 5.26 Å². The van der Waals surface area contributed by atoms with Gasteiger partial charge in [0.1, 0.15) is 6.07 Å². The topological polar surface area (TPSA) is 36.3 Å². The minimum Gasteiger partial charge on any atom is -0.371 e. The molecule has 0 aromatic heterocycles. The zero-order chi connectivity index (χ0) is 11.8. The van der Waals surface area contributed by atoms with Gasteiger partial charge in [0.15, 0.2) is 0 Å². The van der Waals surface area contributed by atoms with Crippen molar-refractivity contribution in [2.24, 2.45) is 0 Å². The van der Waals surface area contributed by atoms with Crippen molar-refractivity contribution < 1.29 is 4.74 Å². The van der Waals surface area contributed by atoms with Crippen LogP contribution in [-0.2, 0) is 4.74 Å². The first kappa shape index (κ1) is 11.1. The Balaban J connectivity index is 1.85. The van der Waals surface area contributed by atoms with Crippen molar-refractivity contribution in [3.63, 3.8) is 0 Å². The van der Waals surface area contributed by atoms with Crippen molar-refractivity contribution in [3.05, 3.63) is 28.2 Å². The Morgan fingerprint density at radius 2 is 2.00 bits per heavy atom. The molecule has 3 nitrogen and oxygen atoms in total. The van der Waals surface area contributed by atoms with Gasteiger partial charge in [-0.25, -0.2) is 0 Å². The van der Waals surface area contributed by atoms with Gasteiger partial charge < -0.3 is 9.64 Å². The normalized spacial score (nSPS) is 26.9. The summed E-state index contributed by atoms with van der Waals surface area (Å²) in [5, 5.41) is 8.90. The van der Waals surface area contributed by atoms with Crippen LogP contribution in [-0.4, -0.2) is 25.3 Å². The van der Waals surface area contributed by atoms with E-state index in [-0.39, 0.29) is 0 Å². The third kappa shape index (κ3) is 2.05. The van der Waals surface area contributed by atoms with Crippen LogP contribution in [0.2, 0.25) is 0 Å². The maximum Gasteiger partial charge on any atom is 0.100 e. The summed E-state index contributed by atoms with van der Waals surface area (Å²) in [6.07, 6.45) is 3.14. The van der Waals surface area contributed by atoms with Crippen molar-refractivity contribution in [2.45, 2.75) is 25.0 Å². The Morgan fingerprint density at radius 3 is 2.59 bits per heavy atom. The number of rotatable bonds is 1. The molecule has 0 spiro atoms. The van der Waals surface area contributed by atoms with Crippen LogP contribution in [0.3, 0.4) is 0 Å². The predicted molar refractivity (Wildman–Crippen MR) is 69.0 cm³/mol. The summed E-state index contributed by atoms with van der Waals surface area (Å²) in [5.41, 5.74) is 1.86. The molecule has 3 rings (SSSR count). The molecule has 88 valence electrons. The molecule has 0 amide bonds. The standard InChI is InChI=1S/C13H13BrN2O/c14-13-5-10(2-1-9(13)6-15)16-7-11-3-4-12(8-16)17-11/h1-2,5,11-12H,3-4,7-8H2. The lowest BCUT2D eigenvalue weighted by atomic mass is 10.2. The molecule has 4 heteroatoms. The number of ether oxygens (including phenoxy) is 1. The first-order valence-electron chi connectivity index (χ1n) is 5.86. The Bertz CT molecular complexity index is 471. The van der Waals surface area contributed by atoms with Crippen molar-refractivity contribution in [1.82, 2.24) is 0 Å². The van der Waals surface area contributed by atoms with Crippen molar-refractivity contribution in [1.29, 1.82) is 5.26 Å². The molecule has 1 aromatic carbocycles. The SMILES string of the molecule is N#Cc1ccc(N2CC3CCC(C2)O3)cc1Br. The Morgan fingerprint density at radius 1 is 1.29 bits per heavy atom. The molecule has 2 atom stereocenters. The lowest BCUT2D eigenvalue weighted by molar-refractivity contribution is 0.0305. The van der Waals surface area contributed by atoms with Crippen LogP contribution in [0.5, 0.6) is 0 Å². The smallest absolute Gasteiger partial charge is 0.100 e. The summed E-state index contributed by atoms with van der Waals surface area (Å²) in [7, 11) is 0. The zero-order valence-electron chi connectivity index (χ0n) is 9.40. The molecule has 0 radical (unpaired) electrons. The Kier molecular flexibility index (Phi) is 2.81. The molecule has 2 bridgehead atoms. The average molecular weight is 293 g/mol. The van der Waals surface area contributed by atoms with Crippen molar-refractivity contribution in [2.75, 3.05) is 18.0 Å². The Labute approximate surface area is 109 Å². The van der Waals surface area contributed by atoms with E-state index in [0.717, 1.165) is 17.6 Å². The number of anilines is 1. The first-order chi connectivity index (χ1) is 8.26. The number of nitriles is 1. The van der Waals surface area contributed by atoms with Crippen LogP contribution < -0.4 is 4.90 Å². The summed E-state index contributed by atoms with van der Waals surface area (Å²) in [6.45, 7) is 1.93. The fourth-order valence-electron chi connectivity index (χ4n) is 2.62. The molecule has 0 N–H and O–H groups in total. The van der Waals surface area contributed by atoms with E-state index in [1.807, 2.05) is 18.2 Å². The molecule has 2 heterocycles. The second-order valence-electron chi connectivity index (χ2n) is 4.64. The van der Waals surface area contributed by atoms with E-state index < -0.39 is 0 Å². The fourth-order valence-corrected chi connectivity index (χ4v) is 3.07. The number of fused-ring (bicyclic) bond motifs is 2. The van der Waals surface area contributed by atoms with E-state index in [1.54, 1.807) is 0 Å². The van der Waals surface area contributed by atoms with E-state index in [2.05, 4.69) is 26.9 Å². The van der Waals surface area contributed by atoms with Gasteiger partial charge in [-0.05, 0) is 47.0 Å². The number of benzene rings is 1. The van der Waals surface area contributed by atoms with Crippen molar-refractivity contribution >= 4 is 21.6 Å². The van der Waals surface area contributed by atoms with Crippen molar-refractivity contribution in [3.8, 4) is 6.07 Å². The molecule has 0 saturated carbocycles. The molecule has 0 aliphatic carbocycles. The highest BCUT2D eigenvalue weighted by molar-refractivity contribution is 9.10. The van der Waals surface area contributed by atoms with E-state index in [4.69, 9.17) is 10.00 Å². The number of nitrogens with zero attached hydrogens (tertiary/aromatic N) is 2. The predicted octanol–water partition coefficient (Wildman–Crippen LogP) is 2.69. The molecule has 2 aliphatic rings. The average Bonchev–Trinajstić information content (AvgIpc) is 2.68. The van der Waals surface area contributed by atoms with Crippen LogP contribution >= 0.6 is 15.9 Å². The Hall–Kier alpha value is -1.05. The summed E-state index contributed by atoms with van der Waals surface area (Å²) in [4.78, 5) is 2.36. The van der Waals surface area contributed by atoms with Gasteiger partial charge >= 0.3 is 0 Å². The summed E-state index contributed by atoms with van der Waals surface area (Å²) >= 11 is 3.44. The molecule has 1 aromatic rings. The number of hydrogen-bond donors (Lipinski definition) is 0. The highest BCUT2D eigenvalue weighted by Crippen LogP contribution is 2.31. The monoisotopic (exact) mass is 292 g/mol. The van der Waals surface area contributed by atoms with Gasteiger partial charge in [-0.1, -0.05) is 0 Å². The minimum atomic E-state index is 0.392. The lowest BCUT2D eigenvalue weighted by Gasteiger charge is -2.34. The highest BCUT2D eigenvalue weighted by atomic mass is 79.9. The van der Waals surface area contributed by atoms with Gasteiger partial charge in [-0.15, -0.1) is 0 Å². The largest absolute Gasteiger partial charge is 0.371 e. The van der Waals surface area contributed by atoms with Crippen LogP contribution in [0.25, 0.3) is 0 Å². The molecule has 17 heavy (non-hydrogen) atoms. The van der Waals surface area contributed by atoms with Crippen LogP contribution in [0.1, 0.15) is 18.4 Å². The second-order valence-corrected chi connectivity index (χ2v) is 5.49. The quantitative estimate of drug-likeness (QED) is 0.798. The summed E-state index contributed by atoms with van der Waals surface area (Å²) < 4.78 is 6.69. The van der Waals surface area contributed by atoms with E-state index >= 15 is 0 Å². The molecule has 2 aliphatic heterocycles. The lowest BCUT2D eigenvalue weighted by Crippen LogP contribution is -2.42. The van der Waals surface area contributed by atoms with E-state index in [9.17, 15) is 0 Å². The van der Waals surface area contributed by atoms with Gasteiger partial charge in [0, 0.05) is 23.2 Å². The molecule has 2 unspecified atom stereocenters. The summed E-state index contributed by atoms with van der Waals surface area (Å²) in [5.74, 6) is 0. The third-order valence-electron chi connectivity index (χ3n) is 3.48. The van der Waals surface area contributed by atoms with Crippen LogP contribution in [0.4, 0.5) is 5.69 Å². The zero-order valence-corrected chi connectivity index (χ0v) is 11.0. The molecule has 2 saturated heterocycles. The van der Waals surface area contributed by atoms with Crippen LogP contribution in [0, 0.1) is 11.3 Å². The highest BCUT2D eigenvalue weighted by Gasteiger charge is 2.33. The second kappa shape index (κ2) is 4.32. The molecular weight excluding hydrogens is 280 g/mol. The van der Waals surface area contributed by atoms with Gasteiger partial charge in [0.2, 0.25) is 0 Å². The number of halogens is 1. The van der Waals surface area contributed by atoms with E-state index in [1.165, 1.54) is 18.5 Å². The third-order valence-corrected chi connectivity index (χ3v) is 4.14. The fraction of sp³-hybridized carbons (Fsp3) is 0.462. The number of hydrogen-bond acceptors (Lipinski definition) is 3. The van der Waals surface area contributed by atoms with Gasteiger partial charge in [-0.3, -0.25) is 0 Å². The molecular formula is C13H13BrN2O.